The monoisotopic (exact) mass is 286 g/mol. The van der Waals surface area contributed by atoms with Gasteiger partial charge in [0.1, 0.15) is 0 Å². The Labute approximate surface area is 125 Å². The Bertz CT molecular complexity index is 547. The van der Waals surface area contributed by atoms with E-state index >= 15 is 0 Å². The number of hydrogen-bond donors (Lipinski definition) is 1. The van der Waals surface area contributed by atoms with Crippen molar-refractivity contribution in [2.45, 2.75) is 39.0 Å². The number of ether oxygens (including phenoxy) is 1. The summed E-state index contributed by atoms with van der Waals surface area (Å²) in [6, 6.07) is 10.1. The van der Waals surface area contributed by atoms with Gasteiger partial charge in [-0.05, 0) is 25.5 Å². The highest BCUT2D eigenvalue weighted by atomic mass is 16.5. The number of aliphatic imine (C=N–C) groups is 1. The SMILES string of the molecule is CC(=O)NC(C)(C)C1=NCC(OCc2ccccc2)C=C1. The number of amides is 1. The lowest BCUT2D eigenvalue weighted by molar-refractivity contribution is -0.119. The van der Waals surface area contributed by atoms with Gasteiger partial charge in [-0.15, -0.1) is 0 Å². The van der Waals surface area contributed by atoms with Gasteiger partial charge in [0.25, 0.3) is 0 Å². The van der Waals surface area contributed by atoms with Crippen molar-refractivity contribution in [3.8, 4) is 0 Å². The molecule has 4 heteroatoms. The molecule has 1 N–H and O–H groups in total. The van der Waals surface area contributed by atoms with Crippen LogP contribution in [0.5, 0.6) is 0 Å². The summed E-state index contributed by atoms with van der Waals surface area (Å²) in [5.41, 5.74) is 1.57. The molecule has 0 saturated heterocycles. The van der Waals surface area contributed by atoms with Crippen molar-refractivity contribution in [1.82, 2.24) is 5.32 Å². The number of nitrogens with zero attached hydrogens (tertiary/aromatic N) is 1. The average Bonchev–Trinajstić information content (AvgIpc) is 2.45. The third kappa shape index (κ3) is 4.53. The van der Waals surface area contributed by atoms with E-state index in [1.54, 1.807) is 0 Å². The number of benzene rings is 1. The van der Waals surface area contributed by atoms with E-state index in [-0.39, 0.29) is 12.0 Å². The molecular formula is C17H22N2O2. The van der Waals surface area contributed by atoms with Gasteiger partial charge in [-0.2, -0.15) is 0 Å². The van der Waals surface area contributed by atoms with Crippen LogP contribution in [0.2, 0.25) is 0 Å². The second-order valence-electron chi connectivity index (χ2n) is 5.73. The summed E-state index contributed by atoms with van der Waals surface area (Å²) in [7, 11) is 0. The van der Waals surface area contributed by atoms with Crippen molar-refractivity contribution >= 4 is 11.6 Å². The van der Waals surface area contributed by atoms with E-state index in [2.05, 4.69) is 10.3 Å². The first kappa shape index (κ1) is 15.4. The van der Waals surface area contributed by atoms with E-state index in [0.29, 0.717) is 13.2 Å². The molecule has 0 saturated carbocycles. The molecule has 0 spiro atoms. The minimum Gasteiger partial charge on any atom is -0.368 e. The van der Waals surface area contributed by atoms with E-state index in [1.807, 2.05) is 56.3 Å². The molecule has 1 unspecified atom stereocenters. The molecule has 1 heterocycles. The van der Waals surface area contributed by atoms with Gasteiger partial charge in [-0.1, -0.05) is 36.4 Å². The summed E-state index contributed by atoms with van der Waals surface area (Å²) < 4.78 is 5.83. The van der Waals surface area contributed by atoms with Gasteiger partial charge in [-0.25, -0.2) is 0 Å². The van der Waals surface area contributed by atoms with Crippen molar-refractivity contribution in [3.05, 3.63) is 48.0 Å². The van der Waals surface area contributed by atoms with Gasteiger partial charge in [0.2, 0.25) is 5.91 Å². The van der Waals surface area contributed by atoms with Crippen molar-refractivity contribution in [2.75, 3.05) is 6.54 Å². The van der Waals surface area contributed by atoms with Gasteiger partial charge in [0, 0.05) is 6.92 Å². The highest BCUT2D eigenvalue weighted by molar-refractivity contribution is 6.04. The average molecular weight is 286 g/mol. The van der Waals surface area contributed by atoms with Crippen LogP contribution in [0.15, 0.2) is 47.5 Å². The molecule has 1 aliphatic heterocycles. The molecule has 1 aliphatic rings. The zero-order valence-corrected chi connectivity index (χ0v) is 12.8. The predicted octanol–water partition coefficient (Wildman–Crippen LogP) is 2.50. The van der Waals surface area contributed by atoms with Gasteiger partial charge < -0.3 is 10.1 Å². The molecule has 0 radical (unpaired) electrons. The van der Waals surface area contributed by atoms with Crippen LogP contribution in [0.25, 0.3) is 0 Å². The first-order valence-corrected chi connectivity index (χ1v) is 7.15. The number of rotatable bonds is 5. The molecule has 0 bridgehead atoms. The van der Waals surface area contributed by atoms with Crippen LogP contribution < -0.4 is 5.32 Å². The third-order valence-corrected chi connectivity index (χ3v) is 3.35. The lowest BCUT2D eigenvalue weighted by Crippen LogP contribution is -2.49. The molecule has 2 rings (SSSR count). The highest BCUT2D eigenvalue weighted by Gasteiger charge is 2.26. The summed E-state index contributed by atoms with van der Waals surface area (Å²) in [6.45, 7) is 6.57. The summed E-state index contributed by atoms with van der Waals surface area (Å²) in [5.74, 6) is -0.0569. The van der Waals surface area contributed by atoms with E-state index in [0.717, 1.165) is 11.3 Å². The van der Waals surface area contributed by atoms with E-state index in [1.165, 1.54) is 6.92 Å². The molecule has 0 aliphatic carbocycles. The van der Waals surface area contributed by atoms with Gasteiger partial charge >= 0.3 is 0 Å². The summed E-state index contributed by atoms with van der Waals surface area (Å²) >= 11 is 0. The number of carbonyl (C=O) groups is 1. The fraction of sp³-hybridized carbons (Fsp3) is 0.412. The molecule has 1 atom stereocenters. The topological polar surface area (TPSA) is 50.7 Å². The minimum atomic E-state index is -0.452. The summed E-state index contributed by atoms with van der Waals surface area (Å²) in [5, 5.41) is 2.90. The molecule has 21 heavy (non-hydrogen) atoms. The van der Waals surface area contributed by atoms with Crippen molar-refractivity contribution < 1.29 is 9.53 Å². The van der Waals surface area contributed by atoms with Crippen molar-refractivity contribution in [1.29, 1.82) is 0 Å². The van der Waals surface area contributed by atoms with Crippen LogP contribution in [0, 0.1) is 0 Å². The number of nitrogens with one attached hydrogen (secondary N) is 1. The van der Waals surface area contributed by atoms with Gasteiger partial charge in [0.05, 0.1) is 30.5 Å². The quantitative estimate of drug-likeness (QED) is 0.904. The first-order valence-electron chi connectivity index (χ1n) is 7.15. The molecular weight excluding hydrogens is 264 g/mol. The molecule has 1 amide bonds. The van der Waals surface area contributed by atoms with Crippen LogP contribution >= 0.6 is 0 Å². The molecule has 0 fully saturated rings. The van der Waals surface area contributed by atoms with Crippen LogP contribution in [-0.2, 0) is 16.1 Å². The van der Waals surface area contributed by atoms with E-state index < -0.39 is 5.54 Å². The number of carbonyl (C=O) groups excluding carboxylic acids is 1. The third-order valence-electron chi connectivity index (χ3n) is 3.35. The number of hydrogen-bond acceptors (Lipinski definition) is 3. The zero-order chi connectivity index (χ0) is 15.3. The lowest BCUT2D eigenvalue weighted by Gasteiger charge is -2.28. The highest BCUT2D eigenvalue weighted by Crippen LogP contribution is 2.14. The Morgan fingerprint density at radius 3 is 2.67 bits per heavy atom. The second kappa shape index (κ2) is 6.68. The first-order chi connectivity index (χ1) is 9.97. The maximum absolute atomic E-state index is 11.2. The predicted molar refractivity (Wildman–Crippen MR) is 84.4 cm³/mol. The van der Waals surface area contributed by atoms with Gasteiger partial charge in [-0.3, -0.25) is 9.79 Å². The Balaban J connectivity index is 1.88. The van der Waals surface area contributed by atoms with Crippen molar-refractivity contribution in [2.24, 2.45) is 4.99 Å². The number of dihydropyridines is 1. The van der Waals surface area contributed by atoms with Crippen LogP contribution in [-0.4, -0.2) is 29.8 Å². The maximum atomic E-state index is 11.2. The van der Waals surface area contributed by atoms with E-state index in [4.69, 9.17) is 4.74 Å². The Morgan fingerprint density at radius 2 is 2.10 bits per heavy atom. The smallest absolute Gasteiger partial charge is 0.217 e. The Kier molecular flexibility index (Phi) is 4.91. The van der Waals surface area contributed by atoms with Crippen LogP contribution in [0.4, 0.5) is 0 Å². The Morgan fingerprint density at radius 1 is 1.38 bits per heavy atom. The van der Waals surface area contributed by atoms with E-state index in [9.17, 15) is 4.79 Å². The second-order valence-corrected chi connectivity index (χ2v) is 5.73. The molecule has 112 valence electrons. The molecule has 4 nitrogen and oxygen atoms in total. The maximum Gasteiger partial charge on any atom is 0.217 e. The van der Waals surface area contributed by atoms with Crippen LogP contribution in [0.3, 0.4) is 0 Å². The normalized spacial score (nSPS) is 18.2. The molecule has 0 aromatic heterocycles. The largest absolute Gasteiger partial charge is 0.368 e. The summed E-state index contributed by atoms with van der Waals surface area (Å²) in [6.07, 6.45) is 3.94. The zero-order valence-electron chi connectivity index (χ0n) is 12.8. The minimum absolute atomic E-state index is 0.0120. The fourth-order valence-corrected chi connectivity index (χ4v) is 2.30. The standard InChI is InChI=1S/C17H22N2O2/c1-13(20)19-17(2,3)16-10-9-15(11-18-16)21-12-14-7-5-4-6-8-14/h4-10,15H,11-12H2,1-3H3,(H,19,20). The fourth-order valence-electron chi connectivity index (χ4n) is 2.30. The van der Waals surface area contributed by atoms with Crippen molar-refractivity contribution in [3.63, 3.8) is 0 Å². The Hall–Kier alpha value is -1.94. The molecule has 1 aromatic rings. The lowest BCUT2D eigenvalue weighted by atomic mass is 9.95. The van der Waals surface area contributed by atoms with Crippen LogP contribution in [0.1, 0.15) is 26.3 Å². The van der Waals surface area contributed by atoms with Gasteiger partial charge in [0.15, 0.2) is 0 Å². The molecule has 1 aromatic carbocycles. The summed E-state index contributed by atoms with van der Waals surface area (Å²) in [4.78, 5) is 15.7.